The topological polar surface area (TPSA) is 67.8 Å². The predicted molar refractivity (Wildman–Crippen MR) is 75.6 cm³/mol. The van der Waals surface area contributed by atoms with Gasteiger partial charge in [-0.2, -0.15) is 11.8 Å². The number of benzene rings is 1. The van der Waals surface area contributed by atoms with E-state index in [1.165, 1.54) is 0 Å². The molecule has 0 bridgehead atoms. The number of methoxy groups -OCH3 is 1. The minimum absolute atomic E-state index is 0.159. The Bertz CT molecular complexity index is 369. The van der Waals surface area contributed by atoms with Crippen LogP contribution in [0.1, 0.15) is 5.56 Å². The van der Waals surface area contributed by atoms with Crippen molar-refractivity contribution in [2.45, 2.75) is 6.61 Å². The number of rotatable bonds is 8. The Hall–Kier alpha value is -1.40. The first kappa shape index (κ1) is 15.7. The van der Waals surface area contributed by atoms with Crippen molar-refractivity contribution in [3.8, 4) is 5.75 Å². The molecule has 0 aliphatic rings. The third kappa shape index (κ3) is 6.93. The van der Waals surface area contributed by atoms with E-state index in [-0.39, 0.29) is 13.2 Å². The highest BCUT2D eigenvalue weighted by Crippen LogP contribution is 2.11. The summed E-state index contributed by atoms with van der Waals surface area (Å²) in [4.78, 5) is 11.4. The van der Waals surface area contributed by atoms with Gasteiger partial charge in [-0.15, -0.1) is 0 Å². The normalized spacial score (nSPS) is 10.0. The van der Waals surface area contributed by atoms with Crippen LogP contribution in [0.5, 0.6) is 5.75 Å². The number of ether oxygens (including phenoxy) is 2. The van der Waals surface area contributed by atoms with Crippen molar-refractivity contribution in [1.82, 2.24) is 5.32 Å². The molecule has 6 heteroatoms. The van der Waals surface area contributed by atoms with Crippen molar-refractivity contribution >= 4 is 17.9 Å². The molecule has 1 aromatic rings. The minimum Gasteiger partial charge on any atom is -0.497 e. The number of carbonyl (C=O) groups is 1. The van der Waals surface area contributed by atoms with E-state index < -0.39 is 6.09 Å². The van der Waals surface area contributed by atoms with Crippen LogP contribution in [0, 0.1) is 0 Å². The van der Waals surface area contributed by atoms with Gasteiger partial charge in [-0.05, 0) is 17.7 Å². The van der Waals surface area contributed by atoms with Gasteiger partial charge in [0.25, 0.3) is 0 Å². The molecule has 19 heavy (non-hydrogen) atoms. The molecule has 1 aromatic carbocycles. The van der Waals surface area contributed by atoms with E-state index in [2.05, 4.69) is 5.32 Å². The Balaban J connectivity index is 2.15. The lowest BCUT2D eigenvalue weighted by Gasteiger charge is -2.07. The largest absolute Gasteiger partial charge is 0.497 e. The molecule has 0 fully saturated rings. The summed E-state index contributed by atoms with van der Waals surface area (Å²) in [5, 5.41) is 11.2. The van der Waals surface area contributed by atoms with Gasteiger partial charge in [0.15, 0.2) is 0 Å². The SMILES string of the molecule is COc1ccc(COC(=O)NCCSCCO)cc1. The Morgan fingerprint density at radius 2 is 2.05 bits per heavy atom. The van der Waals surface area contributed by atoms with Crippen LogP contribution in [-0.4, -0.2) is 43.0 Å². The second kappa shape index (κ2) is 9.52. The highest BCUT2D eigenvalue weighted by molar-refractivity contribution is 7.99. The lowest BCUT2D eigenvalue weighted by atomic mass is 10.2. The zero-order valence-corrected chi connectivity index (χ0v) is 11.7. The molecule has 0 saturated heterocycles. The third-order valence-corrected chi connectivity index (χ3v) is 3.24. The molecule has 0 aromatic heterocycles. The van der Waals surface area contributed by atoms with Gasteiger partial charge in [0.1, 0.15) is 12.4 Å². The summed E-state index contributed by atoms with van der Waals surface area (Å²) in [5.74, 6) is 2.22. The van der Waals surface area contributed by atoms with Gasteiger partial charge in [0.05, 0.1) is 13.7 Å². The van der Waals surface area contributed by atoms with E-state index in [0.29, 0.717) is 12.3 Å². The van der Waals surface area contributed by atoms with Crippen molar-refractivity contribution in [3.63, 3.8) is 0 Å². The van der Waals surface area contributed by atoms with Crippen molar-refractivity contribution in [2.75, 3.05) is 31.8 Å². The van der Waals surface area contributed by atoms with Crippen LogP contribution < -0.4 is 10.1 Å². The highest BCUT2D eigenvalue weighted by atomic mass is 32.2. The molecule has 0 radical (unpaired) electrons. The molecule has 106 valence electrons. The van der Waals surface area contributed by atoms with E-state index in [1.54, 1.807) is 18.9 Å². The molecule has 1 rings (SSSR count). The van der Waals surface area contributed by atoms with E-state index in [0.717, 1.165) is 17.1 Å². The second-order valence-electron chi connectivity index (χ2n) is 3.69. The fraction of sp³-hybridized carbons (Fsp3) is 0.462. The molecule has 0 unspecified atom stereocenters. The summed E-state index contributed by atoms with van der Waals surface area (Å²) >= 11 is 1.58. The standard InChI is InChI=1S/C13H19NO4S/c1-17-12-4-2-11(3-5-12)10-18-13(16)14-6-8-19-9-7-15/h2-5,15H,6-10H2,1H3,(H,14,16). The van der Waals surface area contributed by atoms with Gasteiger partial charge in [-0.3, -0.25) is 0 Å². The van der Waals surface area contributed by atoms with Crippen molar-refractivity contribution in [1.29, 1.82) is 0 Å². The summed E-state index contributed by atoms with van der Waals surface area (Å²) in [6.07, 6.45) is -0.430. The van der Waals surface area contributed by atoms with Crippen LogP contribution in [0.3, 0.4) is 0 Å². The molecule has 0 saturated carbocycles. The number of alkyl carbamates (subject to hydrolysis) is 1. The van der Waals surface area contributed by atoms with Crippen molar-refractivity contribution in [2.24, 2.45) is 0 Å². The lowest BCUT2D eigenvalue weighted by Crippen LogP contribution is -2.26. The maximum atomic E-state index is 11.4. The monoisotopic (exact) mass is 285 g/mol. The second-order valence-corrected chi connectivity index (χ2v) is 4.91. The number of hydrogen-bond acceptors (Lipinski definition) is 5. The van der Waals surface area contributed by atoms with Gasteiger partial charge in [0.2, 0.25) is 0 Å². The number of aliphatic hydroxyl groups excluding tert-OH is 1. The Labute approximate surface area is 117 Å². The first-order valence-electron chi connectivity index (χ1n) is 5.98. The average molecular weight is 285 g/mol. The number of nitrogens with one attached hydrogen (secondary N) is 1. The molecule has 2 N–H and O–H groups in total. The number of hydrogen-bond donors (Lipinski definition) is 2. The molecule has 1 amide bonds. The van der Waals surface area contributed by atoms with E-state index in [9.17, 15) is 4.79 Å². The molecule has 0 aliphatic carbocycles. The maximum Gasteiger partial charge on any atom is 0.407 e. The van der Waals surface area contributed by atoms with Gasteiger partial charge in [-0.25, -0.2) is 4.79 Å². The zero-order valence-electron chi connectivity index (χ0n) is 10.9. The molecular weight excluding hydrogens is 266 g/mol. The van der Waals surface area contributed by atoms with E-state index in [1.807, 2.05) is 24.3 Å². The summed E-state index contributed by atoms with van der Waals surface area (Å²) < 4.78 is 10.1. The van der Waals surface area contributed by atoms with E-state index >= 15 is 0 Å². The molecule has 0 atom stereocenters. The maximum absolute atomic E-state index is 11.4. The van der Waals surface area contributed by atoms with Crippen molar-refractivity contribution < 1.29 is 19.4 Å². The Kier molecular flexibility index (Phi) is 7.84. The van der Waals surface area contributed by atoms with Gasteiger partial charge in [0, 0.05) is 18.1 Å². The van der Waals surface area contributed by atoms with Crippen molar-refractivity contribution in [3.05, 3.63) is 29.8 Å². The zero-order chi connectivity index (χ0) is 13.9. The van der Waals surface area contributed by atoms with Crippen LogP contribution in [0.2, 0.25) is 0 Å². The number of carbonyl (C=O) groups excluding carboxylic acids is 1. The smallest absolute Gasteiger partial charge is 0.407 e. The minimum atomic E-state index is -0.430. The fourth-order valence-corrected chi connectivity index (χ4v) is 1.89. The van der Waals surface area contributed by atoms with Crippen LogP contribution in [0.25, 0.3) is 0 Å². The lowest BCUT2D eigenvalue weighted by molar-refractivity contribution is 0.140. The predicted octanol–water partition coefficient (Wildman–Crippen LogP) is 1.65. The average Bonchev–Trinajstić information content (AvgIpc) is 2.45. The van der Waals surface area contributed by atoms with Gasteiger partial charge in [-0.1, -0.05) is 12.1 Å². The van der Waals surface area contributed by atoms with Gasteiger partial charge < -0.3 is 19.9 Å². The van der Waals surface area contributed by atoms with Gasteiger partial charge >= 0.3 is 6.09 Å². The molecule has 0 spiro atoms. The molecule has 0 heterocycles. The number of thioether (sulfide) groups is 1. The molecule has 0 aliphatic heterocycles. The first-order chi connectivity index (χ1) is 9.26. The van der Waals surface area contributed by atoms with E-state index in [4.69, 9.17) is 14.6 Å². The van der Waals surface area contributed by atoms with Crippen LogP contribution in [0.15, 0.2) is 24.3 Å². The summed E-state index contributed by atoms with van der Waals surface area (Å²) in [5.41, 5.74) is 0.908. The summed E-state index contributed by atoms with van der Waals surface area (Å²) in [6, 6.07) is 7.34. The highest BCUT2D eigenvalue weighted by Gasteiger charge is 2.02. The first-order valence-corrected chi connectivity index (χ1v) is 7.14. The fourth-order valence-electron chi connectivity index (χ4n) is 1.31. The Morgan fingerprint density at radius 3 is 2.68 bits per heavy atom. The quantitative estimate of drug-likeness (QED) is 0.711. The number of aliphatic hydroxyl groups is 1. The van der Waals surface area contributed by atoms with Crippen LogP contribution in [0.4, 0.5) is 4.79 Å². The van der Waals surface area contributed by atoms with Crippen LogP contribution >= 0.6 is 11.8 Å². The third-order valence-electron chi connectivity index (χ3n) is 2.28. The summed E-state index contributed by atoms with van der Waals surface area (Å²) in [7, 11) is 1.60. The summed E-state index contributed by atoms with van der Waals surface area (Å²) in [6.45, 7) is 0.929. The van der Waals surface area contributed by atoms with Crippen LogP contribution in [-0.2, 0) is 11.3 Å². The molecule has 5 nitrogen and oxygen atoms in total. The Morgan fingerprint density at radius 1 is 1.32 bits per heavy atom. The molecular formula is C13H19NO4S. The number of amides is 1.